The van der Waals surface area contributed by atoms with Crippen LogP contribution >= 0.6 is 0 Å². The van der Waals surface area contributed by atoms with Gasteiger partial charge in [0.05, 0.1) is 0 Å². The lowest BCUT2D eigenvalue weighted by Gasteiger charge is -2.06. The molecule has 0 unspecified atom stereocenters. The van der Waals surface area contributed by atoms with Gasteiger partial charge in [-0.15, -0.1) is 0 Å². The van der Waals surface area contributed by atoms with Crippen LogP contribution in [0.3, 0.4) is 0 Å². The van der Waals surface area contributed by atoms with Crippen LogP contribution in [-0.4, -0.2) is 24.1 Å². The summed E-state index contributed by atoms with van der Waals surface area (Å²) < 4.78 is 0. The maximum Gasteiger partial charge on any atom is 0.139 e. The molecule has 0 saturated carbocycles. The molecule has 0 heterocycles. The van der Waals surface area contributed by atoms with Gasteiger partial charge in [-0.25, -0.2) is 0 Å². The summed E-state index contributed by atoms with van der Waals surface area (Å²) in [6.45, 7) is 6.40. The molecule has 0 atom stereocenters. The van der Waals surface area contributed by atoms with Crippen LogP contribution in [0, 0.1) is 5.92 Å². The van der Waals surface area contributed by atoms with Crippen LogP contribution in [-0.2, 0) is 0 Å². The number of rotatable bonds is 7. The van der Waals surface area contributed by atoms with Crippen LogP contribution < -0.4 is 11.1 Å². The highest BCUT2D eigenvalue weighted by Gasteiger charge is 1.94. The lowest BCUT2D eigenvalue weighted by molar-refractivity contribution is 0.316. The molecule has 0 aliphatic carbocycles. The molecule has 4 nitrogen and oxygen atoms in total. The van der Waals surface area contributed by atoms with Gasteiger partial charge in [0.1, 0.15) is 5.84 Å². The Morgan fingerprint density at radius 1 is 1.46 bits per heavy atom. The predicted octanol–water partition coefficient (Wildman–Crippen LogP) is 1.15. The Hall–Kier alpha value is -0.770. The van der Waals surface area contributed by atoms with E-state index in [-0.39, 0.29) is 0 Å². The fourth-order valence-electron chi connectivity index (χ4n) is 0.960. The molecular formula is C9H21N3O. The summed E-state index contributed by atoms with van der Waals surface area (Å²) in [5.74, 6) is 1.06. The molecule has 0 radical (unpaired) electrons. The SMILES string of the molecule is CC(C)CCNCCCC(N)=NO. The minimum Gasteiger partial charge on any atom is -0.409 e. The van der Waals surface area contributed by atoms with Crippen molar-refractivity contribution >= 4 is 5.84 Å². The summed E-state index contributed by atoms with van der Waals surface area (Å²) in [6, 6.07) is 0. The molecule has 0 aliphatic heterocycles. The van der Waals surface area contributed by atoms with Crippen molar-refractivity contribution in [2.45, 2.75) is 33.1 Å². The monoisotopic (exact) mass is 187 g/mol. The summed E-state index contributed by atoms with van der Waals surface area (Å²) in [4.78, 5) is 0. The van der Waals surface area contributed by atoms with E-state index in [2.05, 4.69) is 24.3 Å². The molecule has 0 fully saturated rings. The van der Waals surface area contributed by atoms with E-state index in [1.807, 2.05) is 0 Å². The molecule has 0 rings (SSSR count). The molecule has 0 aromatic heterocycles. The lowest BCUT2D eigenvalue weighted by Crippen LogP contribution is -2.20. The first-order chi connectivity index (χ1) is 6.16. The molecule has 0 aromatic rings. The first kappa shape index (κ1) is 12.2. The van der Waals surface area contributed by atoms with Crippen molar-refractivity contribution in [1.29, 1.82) is 0 Å². The van der Waals surface area contributed by atoms with Crippen molar-refractivity contribution in [2.75, 3.05) is 13.1 Å². The third-order valence-corrected chi connectivity index (χ3v) is 1.81. The fourth-order valence-corrected chi connectivity index (χ4v) is 0.960. The Morgan fingerprint density at radius 3 is 2.69 bits per heavy atom. The number of nitrogens with one attached hydrogen (secondary N) is 1. The van der Waals surface area contributed by atoms with Crippen molar-refractivity contribution in [2.24, 2.45) is 16.8 Å². The van der Waals surface area contributed by atoms with Crippen LogP contribution in [0.15, 0.2) is 5.16 Å². The van der Waals surface area contributed by atoms with Crippen molar-refractivity contribution in [1.82, 2.24) is 5.32 Å². The minimum atomic E-state index is 0.311. The second kappa shape index (κ2) is 7.86. The van der Waals surface area contributed by atoms with Gasteiger partial charge in [0.15, 0.2) is 0 Å². The van der Waals surface area contributed by atoms with Crippen LogP contribution in [0.2, 0.25) is 0 Å². The maximum atomic E-state index is 8.25. The smallest absolute Gasteiger partial charge is 0.139 e. The van der Waals surface area contributed by atoms with Crippen LogP contribution in [0.1, 0.15) is 33.1 Å². The third kappa shape index (κ3) is 9.14. The average Bonchev–Trinajstić information content (AvgIpc) is 2.10. The number of nitrogens with zero attached hydrogens (tertiary/aromatic N) is 1. The Morgan fingerprint density at radius 2 is 2.15 bits per heavy atom. The molecule has 78 valence electrons. The Balaban J connectivity index is 3.09. The van der Waals surface area contributed by atoms with Gasteiger partial charge in [-0.05, 0) is 31.8 Å². The first-order valence-electron chi connectivity index (χ1n) is 4.84. The van der Waals surface area contributed by atoms with Gasteiger partial charge >= 0.3 is 0 Å². The maximum absolute atomic E-state index is 8.25. The second-order valence-electron chi connectivity index (χ2n) is 3.63. The topological polar surface area (TPSA) is 70.6 Å². The fraction of sp³-hybridized carbons (Fsp3) is 0.889. The van der Waals surface area contributed by atoms with E-state index in [1.54, 1.807) is 0 Å². The molecular weight excluding hydrogens is 166 g/mol. The van der Waals surface area contributed by atoms with Gasteiger partial charge in [-0.3, -0.25) is 0 Å². The summed E-state index contributed by atoms with van der Waals surface area (Å²) in [5.41, 5.74) is 5.31. The Bertz CT molecular complexity index is 146. The van der Waals surface area contributed by atoms with E-state index < -0.39 is 0 Å². The van der Waals surface area contributed by atoms with E-state index in [0.29, 0.717) is 12.3 Å². The van der Waals surface area contributed by atoms with E-state index in [0.717, 1.165) is 25.4 Å². The highest BCUT2D eigenvalue weighted by atomic mass is 16.4. The van der Waals surface area contributed by atoms with Crippen molar-refractivity contribution in [3.8, 4) is 0 Å². The molecule has 4 N–H and O–H groups in total. The van der Waals surface area contributed by atoms with E-state index in [1.165, 1.54) is 6.42 Å². The molecule has 0 bridgehead atoms. The minimum absolute atomic E-state index is 0.311. The van der Waals surface area contributed by atoms with E-state index in [9.17, 15) is 0 Å². The Kier molecular flexibility index (Phi) is 7.39. The van der Waals surface area contributed by atoms with Gasteiger partial charge in [-0.2, -0.15) is 0 Å². The summed E-state index contributed by atoms with van der Waals surface area (Å²) in [5, 5.41) is 14.5. The molecule has 0 aromatic carbocycles. The number of oxime groups is 1. The quantitative estimate of drug-likeness (QED) is 0.184. The Labute approximate surface area is 80.2 Å². The summed E-state index contributed by atoms with van der Waals surface area (Å²) in [6.07, 6.45) is 2.78. The molecule has 0 amide bonds. The van der Waals surface area contributed by atoms with Gasteiger partial charge in [0, 0.05) is 6.42 Å². The molecule has 0 aliphatic rings. The third-order valence-electron chi connectivity index (χ3n) is 1.81. The molecule has 13 heavy (non-hydrogen) atoms. The lowest BCUT2D eigenvalue weighted by atomic mass is 10.1. The zero-order valence-corrected chi connectivity index (χ0v) is 8.58. The molecule has 0 spiro atoms. The van der Waals surface area contributed by atoms with Crippen LogP contribution in [0.5, 0.6) is 0 Å². The van der Waals surface area contributed by atoms with Crippen molar-refractivity contribution in [3.05, 3.63) is 0 Å². The van der Waals surface area contributed by atoms with Gasteiger partial charge in [0.25, 0.3) is 0 Å². The van der Waals surface area contributed by atoms with Crippen molar-refractivity contribution in [3.63, 3.8) is 0 Å². The van der Waals surface area contributed by atoms with E-state index >= 15 is 0 Å². The van der Waals surface area contributed by atoms with Crippen molar-refractivity contribution < 1.29 is 5.21 Å². The first-order valence-corrected chi connectivity index (χ1v) is 4.84. The van der Waals surface area contributed by atoms with E-state index in [4.69, 9.17) is 10.9 Å². The van der Waals surface area contributed by atoms with Crippen LogP contribution in [0.4, 0.5) is 0 Å². The average molecular weight is 187 g/mol. The van der Waals surface area contributed by atoms with Gasteiger partial charge < -0.3 is 16.3 Å². The standard InChI is InChI=1S/C9H21N3O/c1-8(2)5-7-11-6-3-4-9(10)12-13/h8,11,13H,3-7H2,1-2H3,(H2,10,12). The summed E-state index contributed by atoms with van der Waals surface area (Å²) >= 11 is 0. The second-order valence-corrected chi connectivity index (χ2v) is 3.63. The largest absolute Gasteiger partial charge is 0.409 e. The molecule has 4 heteroatoms. The number of nitrogens with two attached hydrogens (primary N) is 1. The summed E-state index contributed by atoms with van der Waals surface area (Å²) in [7, 11) is 0. The number of amidine groups is 1. The zero-order valence-electron chi connectivity index (χ0n) is 8.58. The normalized spacial score (nSPS) is 12.4. The highest BCUT2D eigenvalue weighted by molar-refractivity contribution is 5.79. The van der Waals surface area contributed by atoms with Crippen LogP contribution in [0.25, 0.3) is 0 Å². The van der Waals surface area contributed by atoms with Gasteiger partial charge in [0.2, 0.25) is 0 Å². The zero-order chi connectivity index (χ0) is 10.1. The molecule has 0 saturated heterocycles. The number of hydrogen-bond donors (Lipinski definition) is 3. The predicted molar refractivity (Wildman–Crippen MR) is 55.0 cm³/mol. The highest BCUT2D eigenvalue weighted by Crippen LogP contribution is 1.96. The van der Waals surface area contributed by atoms with Gasteiger partial charge in [-0.1, -0.05) is 19.0 Å². The number of hydrogen-bond acceptors (Lipinski definition) is 3.